The molecule has 0 spiro atoms. The second kappa shape index (κ2) is 7.57. The lowest BCUT2D eigenvalue weighted by Gasteiger charge is -2.29. The number of ether oxygens (including phenoxy) is 2. The molecule has 1 aliphatic rings. The topological polar surface area (TPSA) is 34.6 Å². The average Bonchev–Trinajstić information content (AvgIpc) is 2.73. The number of benzene rings is 2. The van der Waals surface area contributed by atoms with Gasteiger partial charge in [-0.25, -0.2) is 4.98 Å². The highest BCUT2D eigenvalue weighted by atomic mass is 16.5. The van der Waals surface area contributed by atoms with Crippen LogP contribution in [0, 0.1) is 6.92 Å². The van der Waals surface area contributed by atoms with Crippen LogP contribution in [0.3, 0.4) is 0 Å². The molecule has 0 unspecified atom stereocenters. The summed E-state index contributed by atoms with van der Waals surface area (Å²) in [5.74, 6) is 1.93. The molecule has 0 bridgehead atoms. The SMILES string of the molecule is CCc1ccc2c(-c3cc(C)ccc3OC)cnc(N3CCOCC3)c2c1. The normalized spacial score (nSPS) is 14.6. The first-order valence-electron chi connectivity index (χ1n) is 9.60. The number of aryl methyl sites for hydroxylation is 2. The van der Waals surface area contributed by atoms with Crippen LogP contribution in [0.1, 0.15) is 18.1 Å². The summed E-state index contributed by atoms with van der Waals surface area (Å²) >= 11 is 0. The third kappa shape index (κ3) is 3.37. The predicted octanol–water partition coefficient (Wildman–Crippen LogP) is 4.62. The van der Waals surface area contributed by atoms with E-state index in [4.69, 9.17) is 14.5 Å². The summed E-state index contributed by atoms with van der Waals surface area (Å²) in [6.45, 7) is 7.57. The summed E-state index contributed by atoms with van der Waals surface area (Å²) < 4.78 is 11.2. The van der Waals surface area contributed by atoms with Gasteiger partial charge in [0.15, 0.2) is 0 Å². The largest absolute Gasteiger partial charge is 0.496 e. The van der Waals surface area contributed by atoms with Crippen LogP contribution in [0.5, 0.6) is 5.75 Å². The van der Waals surface area contributed by atoms with Crippen LogP contribution in [0.2, 0.25) is 0 Å². The first kappa shape index (κ1) is 17.8. The highest BCUT2D eigenvalue weighted by Crippen LogP contribution is 2.38. The Morgan fingerprint density at radius 2 is 1.85 bits per heavy atom. The quantitative estimate of drug-likeness (QED) is 0.678. The van der Waals surface area contributed by atoms with E-state index in [0.717, 1.165) is 55.4 Å². The van der Waals surface area contributed by atoms with Gasteiger partial charge in [-0.1, -0.05) is 30.7 Å². The lowest BCUT2D eigenvalue weighted by Crippen LogP contribution is -2.36. The van der Waals surface area contributed by atoms with Crippen molar-refractivity contribution in [3.63, 3.8) is 0 Å². The second-order valence-electron chi connectivity index (χ2n) is 7.03. The lowest BCUT2D eigenvalue weighted by atomic mass is 9.96. The highest BCUT2D eigenvalue weighted by Gasteiger charge is 2.19. The van der Waals surface area contributed by atoms with Crippen molar-refractivity contribution >= 4 is 16.6 Å². The molecule has 0 amide bonds. The molecule has 1 fully saturated rings. The Bertz CT molecular complexity index is 962. The van der Waals surface area contributed by atoms with Crippen LogP contribution < -0.4 is 9.64 Å². The maximum Gasteiger partial charge on any atom is 0.136 e. The number of aromatic nitrogens is 1. The third-order valence-corrected chi connectivity index (χ3v) is 5.30. The van der Waals surface area contributed by atoms with Crippen LogP contribution in [0.25, 0.3) is 21.9 Å². The zero-order valence-corrected chi connectivity index (χ0v) is 16.3. The van der Waals surface area contributed by atoms with Crippen LogP contribution in [-0.4, -0.2) is 38.4 Å². The summed E-state index contributed by atoms with van der Waals surface area (Å²) in [5, 5.41) is 2.42. The van der Waals surface area contributed by atoms with Gasteiger partial charge in [0.1, 0.15) is 11.6 Å². The fourth-order valence-electron chi connectivity index (χ4n) is 3.77. The number of rotatable bonds is 4. The van der Waals surface area contributed by atoms with E-state index in [1.54, 1.807) is 7.11 Å². The molecule has 0 saturated carbocycles. The minimum Gasteiger partial charge on any atom is -0.496 e. The minimum absolute atomic E-state index is 0.754. The van der Waals surface area contributed by atoms with Crippen LogP contribution in [-0.2, 0) is 11.2 Å². The van der Waals surface area contributed by atoms with Crippen molar-refractivity contribution in [3.8, 4) is 16.9 Å². The van der Waals surface area contributed by atoms with Crippen molar-refractivity contribution in [1.29, 1.82) is 0 Å². The molecule has 27 heavy (non-hydrogen) atoms. The summed E-state index contributed by atoms with van der Waals surface area (Å²) in [6, 6.07) is 13.0. The van der Waals surface area contributed by atoms with E-state index in [0.29, 0.717) is 0 Å². The molecular formula is C23H26N2O2. The van der Waals surface area contributed by atoms with E-state index >= 15 is 0 Å². The van der Waals surface area contributed by atoms with Gasteiger partial charge in [-0.15, -0.1) is 0 Å². The molecular weight excluding hydrogens is 336 g/mol. The Kier molecular flexibility index (Phi) is 4.99. The molecule has 0 radical (unpaired) electrons. The molecule has 1 saturated heterocycles. The fraction of sp³-hybridized carbons (Fsp3) is 0.348. The van der Waals surface area contributed by atoms with E-state index in [1.165, 1.54) is 21.9 Å². The van der Waals surface area contributed by atoms with Gasteiger partial charge in [-0.2, -0.15) is 0 Å². The summed E-state index contributed by atoms with van der Waals surface area (Å²) in [5.41, 5.74) is 4.74. The second-order valence-corrected chi connectivity index (χ2v) is 7.03. The van der Waals surface area contributed by atoms with Crippen molar-refractivity contribution in [2.24, 2.45) is 0 Å². The van der Waals surface area contributed by atoms with E-state index in [2.05, 4.69) is 49.1 Å². The number of morpholine rings is 1. The number of nitrogens with zero attached hydrogens (tertiary/aromatic N) is 2. The summed E-state index contributed by atoms with van der Waals surface area (Å²) in [6.07, 6.45) is 3.01. The Hall–Kier alpha value is -2.59. The number of anilines is 1. The average molecular weight is 362 g/mol. The molecule has 1 aliphatic heterocycles. The first-order chi connectivity index (χ1) is 13.2. The maximum absolute atomic E-state index is 5.64. The zero-order chi connectivity index (χ0) is 18.8. The molecule has 2 aromatic carbocycles. The van der Waals surface area contributed by atoms with Crippen LogP contribution in [0.15, 0.2) is 42.6 Å². The zero-order valence-electron chi connectivity index (χ0n) is 16.3. The predicted molar refractivity (Wildman–Crippen MR) is 111 cm³/mol. The number of hydrogen-bond acceptors (Lipinski definition) is 4. The first-order valence-corrected chi connectivity index (χ1v) is 9.60. The van der Waals surface area contributed by atoms with Gasteiger partial charge < -0.3 is 14.4 Å². The Labute approximate surface area is 160 Å². The Morgan fingerprint density at radius 1 is 1.04 bits per heavy atom. The van der Waals surface area contributed by atoms with E-state index in [-0.39, 0.29) is 0 Å². The standard InChI is InChI=1S/C23H26N2O2/c1-4-17-6-7-18-20(14-17)23(25-9-11-27-12-10-25)24-15-21(18)19-13-16(2)5-8-22(19)26-3/h5-8,13-15H,4,9-12H2,1-3H3. The monoisotopic (exact) mass is 362 g/mol. The van der Waals surface area contributed by atoms with Gasteiger partial charge in [0.25, 0.3) is 0 Å². The van der Waals surface area contributed by atoms with E-state index < -0.39 is 0 Å². The number of fused-ring (bicyclic) bond motifs is 1. The molecule has 0 aliphatic carbocycles. The molecule has 1 aromatic heterocycles. The van der Waals surface area contributed by atoms with Crippen molar-refractivity contribution in [2.45, 2.75) is 20.3 Å². The van der Waals surface area contributed by atoms with Gasteiger partial charge in [0.05, 0.1) is 20.3 Å². The van der Waals surface area contributed by atoms with Crippen molar-refractivity contribution in [2.75, 3.05) is 38.3 Å². The van der Waals surface area contributed by atoms with Crippen molar-refractivity contribution < 1.29 is 9.47 Å². The third-order valence-electron chi connectivity index (χ3n) is 5.30. The molecule has 0 N–H and O–H groups in total. The molecule has 4 nitrogen and oxygen atoms in total. The lowest BCUT2D eigenvalue weighted by molar-refractivity contribution is 0.122. The Balaban J connectivity index is 1.94. The Morgan fingerprint density at radius 3 is 2.59 bits per heavy atom. The molecule has 3 aromatic rings. The highest BCUT2D eigenvalue weighted by molar-refractivity contribution is 6.03. The summed E-state index contributed by atoms with van der Waals surface area (Å²) in [7, 11) is 1.72. The maximum atomic E-state index is 5.64. The molecule has 2 heterocycles. The number of methoxy groups -OCH3 is 1. The minimum atomic E-state index is 0.754. The van der Waals surface area contributed by atoms with E-state index in [9.17, 15) is 0 Å². The van der Waals surface area contributed by atoms with Gasteiger partial charge in [0.2, 0.25) is 0 Å². The van der Waals surface area contributed by atoms with Crippen molar-refractivity contribution in [3.05, 3.63) is 53.7 Å². The summed E-state index contributed by atoms with van der Waals surface area (Å²) in [4.78, 5) is 7.24. The molecule has 140 valence electrons. The smallest absolute Gasteiger partial charge is 0.136 e. The van der Waals surface area contributed by atoms with Crippen molar-refractivity contribution in [1.82, 2.24) is 4.98 Å². The van der Waals surface area contributed by atoms with E-state index in [1.807, 2.05) is 12.3 Å². The van der Waals surface area contributed by atoms with Gasteiger partial charge in [0, 0.05) is 35.8 Å². The fourth-order valence-corrected chi connectivity index (χ4v) is 3.77. The number of pyridine rings is 1. The van der Waals surface area contributed by atoms with Gasteiger partial charge in [-0.3, -0.25) is 0 Å². The molecule has 0 atom stereocenters. The van der Waals surface area contributed by atoms with Crippen LogP contribution >= 0.6 is 0 Å². The molecule has 4 rings (SSSR count). The number of hydrogen-bond donors (Lipinski definition) is 0. The van der Waals surface area contributed by atoms with Crippen LogP contribution in [0.4, 0.5) is 5.82 Å². The molecule has 4 heteroatoms. The van der Waals surface area contributed by atoms with Gasteiger partial charge >= 0.3 is 0 Å². The van der Waals surface area contributed by atoms with Gasteiger partial charge in [-0.05, 0) is 42.5 Å².